The van der Waals surface area contributed by atoms with Gasteiger partial charge in [0.05, 0.1) is 10.6 Å². The predicted molar refractivity (Wildman–Crippen MR) is 34.2 cm³/mol. The molecule has 0 unspecified atom stereocenters. The molecule has 1 rings (SSSR count). The van der Waals surface area contributed by atoms with E-state index >= 15 is 0 Å². The topological polar surface area (TPSA) is 12.9 Å². The molecular formula is C6H3ClF3N. The van der Waals surface area contributed by atoms with Gasteiger partial charge in [0.1, 0.15) is 0 Å². The van der Waals surface area contributed by atoms with Crippen molar-refractivity contribution in [3.05, 3.63) is 29.0 Å². The Morgan fingerprint density at radius 2 is 2.00 bits per heavy atom. The quantitative estimate of drug-likeness (QED) is 0.600. The van der Waals surface area contributed by atoms with Gasteiger partial charge in [-0.25, -0.2) is 0 Å². The Bertz CT molecular complexity index is 258. The Hall–Kier alpha value is -0.770. The average molecular weight is 182 g/mol. The Balaban J connectivity index is 3.14. The molecule has 5 heteroatoms. The first kappa shape index (κ1) is 8.33. The van der Waals surface area contributed by atoms with Gasteiger partial charge in [-0.1, -0.05) is 11.6 Å². The van der Waals surface area contributed by atoms with Crippen molar-refractivity contribution in [2.24, 2.45) is 0 Å². The summed E-state index contributed by atoms with van der Waals surface area (Å²) in [6.45, 7) is 0. The Morgan fingerprint density at radius 1 is 1.36 bits per heavy atom. The highest BCUT2D eigenvalue weighted by Crippen LogP contribution is 2.33. The Morgan fingerprint density at radius 3 is 2.36 bits per heavy atom. The predicted octanol–water partition coefficient (Wildman–Crippen LogP) is 2.75. The number of halogens is 4. The molecule has 0 fully saturated rings. The molecule has 1 aromatic rings. The zero-order chi connectivity index (χ0) is 8.48. The molecule has 1 heterocycles. The summed E-state index contributed by atoms with van der Waals surface area (Å²) >= 11 is 5.23. The highest BCUT2D eigenvalue weighted by atomic mass is 35.5. The summed E-state index contributed by atoms with van der Waals surface area (Å²) in [5, 5.41) is -0.375. The first-order valence-corrected chi connectivity index (χ1v) is 3.06. The molecule has 0 aliphatic carbocycles. The monoisotopic (exact) mass is 181 g/mol. The van der Waals surface area contributed by atoms with Crippen LogP contribution in [0.15, 0.2) is 18.5 Å². The van der Waals surface area contributed by atoms with E-state index in [1.54, 1.807) is 0 Å². The molecule has 0 aliphatic rings. The molecule has 0 saturated heterocycles. The summed E-state index contributed by atoms with van der Waals surface area (Å²) in [4.78, 5) is 3.43. The number of aromatic nitrogens is 1. The van der Waals surface area contributed by atoms with E-state index in [4.69, 9.17) is 11.6 Å². The molecule has 0 radical (unpaired) electrons. The van der Waals surface area contributed by atoms with E-state index in [1.165, 1.54) is 0 Å². The van der Waals surface area contributed by atoms with Crippen molar-refractivity contribution in [3.63, 3.8) is 0 Å². The molecule has 0 atom stereocenters. The maximum absolute atomic E-state index is 11.9. The van der Waals surface area contributed by atoms with Crippen LogP contribution < -0.4 is 0 Å². The first-order chi connectivity index (χ1) is 5.02. The Labute approximate surface area is 65.8 Å². The molecule has 11 heavy (non-hydrogen) atoms. The van der Waals surface area contributed by atoms with Gasteiger partial charge in [0.15, 0.2) is 0 Å². The van der Waals surface area contributed by atoms with E-state index in [0.717, 1.165) is 18.5 Å². The standard InChI is InChI=1S/C6H3ClF3N/c7-5-3-11-2-1-4(5)6(8,9)10/h1-3H. The van der Waals surface area contributed by atoms with Crippen LogP contribution in [0.3, 0.4) is 0 Å². The molecule has 0 aromatic carbocycles. The average Bonchev–Trinajstić information content (AvgIpc) is 1.86. The van der Waals surface area contributed by atoms with Crippen LogP contribution in [-0.4, -0.2) is 4.98 Å². The van der Waals surface area contributed by atoms with Crippen LogP contribution in [0.5, 0.6) is 0 Å². The second kappa shape index (κ2) is 2.70. The summed E-state index contributed by atoms with van der Waals surface area (Å²) in [6.07, 6.45) is -2.38. The van der Waals surface area contributed by atoms with Crippen molar-refractivity contribution in [2.75, 3.05) is 0 Å². The lowest BCUT2D eigenvalue weighted by atomic mass is 10.3. The molecule has 0 N–H and O–H groups in total. The van der Waals surface area contributed by atoms with Crippen LogP contribution in [0.4, 0.5) is 13.2 Å². The number of hydrogen-bond acceptors (Lipinski definition) is 1. The van der Waals surface area contributed by atoms with E-state index < -0.39 is 11.7 Å². The van der Waals surface area contributed by atoms with Crippen LogP contribution in [0, 0.1) is 0 Å². The fourth-order valence-corrected chi connectivity index (χ4v) is 0.832. The highest BCUT2D eigenvalue weighted by Gasteiger charge is 2.32. The van der Waals surface area contributed by atoms with Crippen molar-refractivity contribution >= 4 is 11.6 Å². The van der Waals surface area contributed by atoms with Gasteiger partial charge in [-0.2, -0.15) is 13.2 Å². The molecule has 0 aliphatic heterocycles. The molecular weight excluding hydrogens is 179 g/mol. The number of nitrogens with zero attached hydrogens (tertiary/aromatic N) is 1. The second-order valence-electron chi connectivity index (χ2n) is 1.85. The largest absolute Gasteiger partial charge is 0.417 e. The fourth-order valence-electron chi connectivity index (χ4n) is 0.605. The summed E-state index contributed by atoms with van der Waals surface area (Å²) in [5.41, 5.74) is -0.853. The maximum Gasteiger partial charge on any atom is 0.417 e. The minimum atomic E-state index is -4.39. The normalized spacial score (nSPS) is 11.6. The third kappa shape index (κ3) is 1.83. The van der Waals surface area contributed by atoms with Crippen molar-refractivity contribution in [2.45, 2.75) is 6.18 Å². The minimum absolute atomic E-state index is 0.375. The van der Waals surface area contributed by atoms with Crippen molar-refractivity contribution in [1.29, 1.82) is 0 Å². The maximum atomic E-state index is 11.9. The number of alkyl halides is 3. The molecule has 60 valence electrons. The third-order valence-electron chi connectivity index (χ3n) is 1.08. The van der Waals surface area contributed by atoms with E-state index in [1.807, 2.05) is 0 Å². The number of rotatable bonds is 0. The van der Waals surface area contributed by atoms with Gasteiger partial charge in [-0.3, -0.25) is 4.98 Å². The second-order valence-corrected chi connectivity index (χ2v) is 2.26. The molecule has 0 amide bonds. The fraction of sp³-hybridized carbons (Fsp3) is 0.167. The van der Waals surface area contributed by atoms with Gasteiger partial charge >= 0.3 is 6.18 Å². The van der Waals surface area contributed by atoms with Crippen LogP contribution in [0.1, 0.15) is 5.56 Å². The summed E-state index contributed by atoms with van der Waals surface area (Å²) in [6, 6.07) is 0.836. The highest BCUT2D eigenvalue weighted by molar-refractivity contribution is 6.31. The van der Waals surface area contributed by atoms with E-state index in [9.17, 15) is 13.2 Å². The van der Waals surface area contributed by atoms with Gasteiger partial charge in [0.25, 0.3) is 0 Å². The van der Waals surface area contributed by atoms with Crippen molar-refractivity contribution in [1.82, 2.24) is 4.98 Å². The van der Waals surface area contributed by atoms with Crippen LogP contribution in [0.25, 0.3) is 0 Å². The summed E-state index contributed by atoms with van der Waals surface area (Å²) in [5.74, 6) is 0. The van der Waals surface area contributed by atoms with Gasteiger partial charge in [-0.15, -0.1) is 0 Å². The van der Waals surface area contributed by atoms with E-state index in [0.29, 0.717) is 0 Å². The lowest BCUT2D eigenvalue weighted by molar-refractivity contribution is -0.137. The van der Waals surface area contributed by atoms with Crippen molar-refractivity contribution < 1.29 is 13.2 Å². The lowest BCUT2D eigenvalue weighted by Crippen LogP contribution is -2.05. The van der Waals surface area contributed by atoms with Crippen LogP contribution >= 0.6 is 11.6 Å². The van der Waals surface area contributed by atoms with E-state index in [2.05, 4.69) is 4.98 Å². The molecule has 0 spiro atoms. The van der Waals surface area contributed by atoms with Crippen LogP contribution in [0.2, 0.25) is 5.02 Å². The third-order valence-corrected chi connectivity index (χ3v) is 1.38. The molecule has 1 aromatic heterocycles. The van der Waals surface area contributed by atoms with E-state index in [-0.39, 0.29) is 5.02 Å². The van der Waals surface area contributed by atoms with Gasteiger partial charge < -0.3 is 0 Å². The summed E-state index contributed by atoms with van der Waals surface area (Å²) < 4.78 is 35.8. The van der Waals surface area contributed by atoms with Gasteiger partial charge in [0.2, 0.25) is 0 Å². The first-order valence-electron chi connectivity index (χ1n) is 2.68. The van der Waals surface area contributed by atoms with Gasteiger partial charge in [0, 0.05) is 12.4 Å². The molecule has 0 saturated carbocycles. The number of pyridine rings is 1. The Kier molecular flexibility index (Phi) is 2.04. The zero-order valence-electron chi connectivity index (χ0n) is 5.19. The van der Waals surface area contributed by atoms with Crippen LogP contribution in [-0.2, 0) is 6.18 Å². The summed E-state index contributed by atoms with van der Waals surface area (Å²) in [7, 11) is 0. The zero-order valence-corrected chi connectivity index (χ0v) is 5.95. The SMILES string of the molecule is FC(F)(F)c1ccncc1Cl. The molecule has 0 bridgehead atoms. The smallest absolute Gasteiger partial charge is 0.263 e. The minimum Gasteiger partial charge on any atom is -0.263 e. The van der Waals surface area contributed by atoms with Gasteiger partial charge in [-0.05, 0) is 6.07 Å². The van der Waals surface area contributed by atoms with Crippen molar-refractivity contribution in [3.8, 4) is 0 Å². The lowest BCUT2D eigenvalue weighted by Gasteiger charge is -2.06. The molecule has 1 nitrogen and oxygen atoms in total. The number of hydrogen-bond donors (Lipinski definition) is 0.